The van der Waals surface area contributed by atoms with E-state index in [4.69, 9.17) is 0 Å². The Morgan fingerprint density at radius 2 is 1.94 bits per heavy atom. The average molecular weight is 237 g/mol. The van der Waals surface area contributed by atoms with Gasteiger partial charge in [-0.2, -0.15) is 0 Å². The van der Waals surface area contributed by atoms with Gasteiger partial charge in [0.05, 0.1) is 12.3 Å². The van der Waals surface area contributed by atoms with E-state index >= 15 is 0 Å². The lowest BCUT2D eigenvalue weighted by atomic mass is 10.3. The number of nitrogens with one attached hydrogen (secondary N) is 3. The molecule has 0 aromatic heterocycles. The molecule has 3 N–H and O–H groups in total. The molecule has 6 nitrogen and oxygen atoms in total. The van der Waals surface area contributed by atoms with Crippen LogP contribution in [0.2, 0.25) is 0 Å². The summed E-state index contributed by atoms with van der Waals surface area (Å²) < 4.78 is 4.65. The van der Waals surface area contributed by atoms with Gasteiger partial charge in [0.15, 0.2) is 0 Å². The first-order valence-electron chi connectivity index (χ1n) is 5.23. The molecule has 0 atom stereocenters. The maximum atomic E-state index is 11.2. The number of amides is 2. The first-order valence-corrected chi connectivity index (χ1v) is 5.23. The zero-order valence-electron chi connectivity index (χ0n) is 9.53. The normalized spacial score (nSPS) is 9.24. The molecule has 0 spiro atoms. The van der Waals surface area contributed by atoms with Crippen LogP contribution in [0.1, 0.15) is 6.92 Å². The van der Waals surface area contributed by atoms with Crippen molar-refractivity contribution < 1.29 is 14.3 Å². The van der Waals surface area contributed by atoms with E-state index in [0.29, 0.717) is 6.61 Å². The smallest absolute Gasteiger partial charge is 0.333 e. The molecule has 92 valence electrons. The Morgan fingerprint density at radius 3 is 2.59 bits per heavy atom. The second-order valence-corrected chi connectivity index (χ2v) is 3.10. The van der Waals surface area contributed by atoms with Gasteiger partial charge >= 0.3 is 12.0 Å². The zero-order valence-corrected chi connectivity index (χ0v) is 9.53. The number of ether oxygens (including phenoxy) is 1. The Labute approximate surface area is 99.3 Å². The third-order valence-electron chi connectivity index (χ3n) is 1.79. The largest absolute Gasteiger partial charge is 0.465 e. The number of urea groups is 1. The summed E-state index contributed by atoms with van der Waals surface area (Å²) in [6, 6.07) is 8.63. The molecule has 0 saturated heterocycles. The summed E-state index contributed by atoms with van der Waals surface area (Å²) in [5.41, 5.74) is 5.82. The van der Waals surface area contributed by atoms with Gasteiger partial charge in [0, 0.05) is 0 Å². The maximum Gasteiger partial charge on any atom is 0.333 e. The summed E-state index contributed by atoms with van der Waals surface area (Å²) in [7, 11) is 0. The van der Waals surface area contributed by atoms with Crippen molar-refractivity contribution >= 4 is 17.7 Å². The Balaban J connectivity index is 2.20. The molecule has 2 amide bonds. The molecular weight excluding hydrogens is 222 g/mol. The fourth-order valence-corrected chi connectivity index (χ4v) is 1.06. The van der Waals surface area contributed by atoms with Crippen molar-refractivity contribution in [1.29, 1.82) is 0 Å². The average Bonchev–Trinajstić information content (AvgIpc) is 2.35. The minimum absolute atomic E-state index is 0.157. The van der Waals surface area contributed by atoms with Gasteiger partial charge in [-0.3, -0.25) is 15.6 Å². The SMILES string of the molecule is CCOC(=O)CNC(=O)NNc1ccccc1. The van der Waals surface area contributed by atoms with E-state index in [1.165, 1.54) is 0 Å². The van der Waals surface area contributed by atoms with Crippen molar-refractivity contribution in [3.05, 3.63) is 30.3 Å². The van der Waals surface area contributed by atoms with Crippen molar-refractivity contribution in [3.63, 3.8) is 0 Å². The van der Waals surface area contributed by atoms with Crippen LogP contribution in [-0.2, 0) is 9.53 Å². The van der Waals surface area contributed by atoms with Gasteiger partial charge in [0.1, 0.15) is 6.54 Å². The molecule has 0 heterocycles. The lowest BCUT2D eigenvalue weighted by Gasteiger charge is -2.09. The highest BCUT2D eigenvalue weighted by Crippen LogP contribution is 2.01. The van der Waals surface area contributed by atoms with Gasteiger partial charge in [0.2, 0.25) is 0 Å². The lowest BCUT2D eigenvalue weighted by molar-refractivity contribution is -0.141. The van der Waals surface area contributed by atoms with Crippen molar-refractivity contribution in [3.8, 4) is 0 Å². The van der Waals surface area contributed by atoms with Crippen LogP contribution < -0.4 is 16.2 Å². The molecule has 0 bridgehead atoms. The van der Waals surface area contributed by atoms with Crippen molar-refractivity contribution in [1.82, 2.24) is 10.7 Å². The van der Waals surface area contributed by atoms with Gasteiger partial charge in [-0.05, 0) is 19.1 Å². The molecule has 0 unspecified atom stereocenters. The number of hydrogen-bond donors (Lipinski definition) is 3. The number of carbonyl (C=O) groups excluding carboxylic acids is 2. The number of benzene rings is 1. The second kappa shape index (κ2) is 7.10. The summed E-state index contributed by atoms with van der Waals surface area (Å²) in [5, 5.41) is 2.35. The van der Waals surface area contributed by atoms with E-state index in [0.717, 1.165) is 5.69 Å². The maximum absolute atomic E-state index is 11.2. The molecule has 0 aliphatic heterocycles. The van der Waals surface area contributed by atoms with Crippen LogP contribution in [0.15, 0.2) is 30.3 Å². The molecule has 0 aliphatic rings. The summed E-state index contributed by atoms with van der Waals surface area (Å²) in [6.07, 6.45) is 0. The zero-order chi connectivity index (χ0) is 12.5. The van der Waals surface area contributed by atoms with E-state index in [1.54, 1.807) is 19.1 Å². The number of carbonyl (C=O) groups is 2. The highest BCUT2D eigenvalue weighted by molar-refractivity contribution is 5.81. The Bertz CT molecular complexity index is 367. The summed E-state index contributed by atoms with van der Waals surface area (Å²) >= 11 is 0. The van der Waals surface area contributed by atoms with Gasteiger partial charge in [0.25, 0.3) is 0 Å². The molecule has 0 aliphatic carbocycles. The number of anilines is 1. The fraction of sp³-hybridized carbons (Fsp3) is 0.273. The summed E-state index contributed by atoms with van der Waals surface area (Å²) in [6.45, 7) is 1.84. The molecule has 0 saturated carbocycles. The van der Waals surface area contributed by atoms with Crippen LogP contribution in [0.3, 0.4) is 0 Å². The van der Waals surface area contributed by atoms with E-state index in [1.807, 2.05) is 18.2 Å². The van der Waals surface area contributed by atoms with Gasteiger partial charge in [-0.1, -0.05) is 18.2 Å². The van der Waals surface area contributed by atoms with Gasteiger partial charge in [-0.15, -0.1) is 0 Å². The standard InChI is InChI=1S/C11H15N3O3/c1-2-17-10(15)8-12-11(16)14-13-9-6-4-3-5-7-9/h3-7,13H,2,8H2,1H3,(H2,12,14,16). The number of rotatable bonds is 5. The number of hydrazine groups is 1. The number of hydrogen-bond acceptors (Lipinski definition) is 4. The summed E-state index contributed by atoms with van der Waals surface area (Å²) in [5.74, 6) is -0.470. The molecule has 1 rings (SSSR count). The van der Waals surface area contributed by atoms with Crippen molar-refractivity contribution in [2.75, 3.05) is 18.6 Å². The third-order valence-corrected chi connectivity index (χ3v) is 1.79. The second-order valence-electron chi connectivity index (χ2n) is 3.10. The molecule has 0 fully saturated rings. The van der Waals surface area contributed by atoms with Crippen molar-refractivity contribution in [2.45, 2.75) is 6.92 Å². The van der Waals surface area contributed by atoms with Gasteiger partial charge in [-0.25, -0.2) is 4.79 Å². The topological polar surface area (TPSA) is 79.5 Å². The number of esters is 1. The highest BCUT2D eigenvalue weighted by atomic mass is 16.5. The monoisotopic (exact) mass is 237 g/mol. The highest BCUT2D eigenvalue weighted by Gasteiger charge is 2.04. The Morgan fingerprint density at radius 1 is 1.24 bits per heavy atom. The Kier molecular flexibility index (Phi) is 5.36. The predicted molar refractivity (Wildman–Crippen MR) is 63.2 cm³/mol. The third kappa shape index (κ3) is 5.41. The quantitative estimate of drug-likeness (QED) is 0.524. The van der Waals surface area contributed by atoms with E-state index in [-0.39, 0.29) is 6.54 Å². The van der Waals surface area contributed by atoms with Crippen LogP contribution >= 0.6 is 0 Å². The molecule has 1 aromatic rings. The van der Waals surface area contributed by atoms with Crippen LogP contribution in [0.4, 0.5) is 10.5 Å². The van der Waals surface area contributed by atoms with Crippen LogP contribution in [-0.4, -0.2) is 25.2 Å². The van der Waals surface area contributed by atoms with E-state index in [9.17, 15) is 9.59 Å². The molecule has 0 radical (unpaired) electrons. The molecule has 6 heteroatoms. The van der Waals surface area contributed by atoms with Crippen molar-refractivity contribution in [2.24, 2.45) is 0 Å². The molecule has 17 heavy (non-hydrogen) atoms. The minimum Gasteiger partial charge on any atom is -0.465 e. The lowest BCUT2D eigenvalue weighted by Crippen LogP contribution is -2.41. The van der Waals surface area contributed by atoms with Gasteiger partial charge < -0.3 is 10.1 Å². The van der Waals surface area contributed by atoms with Crippen LogP contribution in [0.25, 0.3) is 0 Å². The van der Waals surface area contributed by atoms with E-state index in [2.05, 4.69) is 20.9 Å². The first kappa shape index (κ1) is 12.8. The fourth-order valence-electron chi connectivity index (χ4n) is 1.06. The Hall–Kier alpha value is -2.24. The van der Waals surface area contributed by atoms with E-state index < -0.39 is 12.0 Å². The van der Waals surface area contributed by atoms with Crippen LogP contribution in [0.5, 0.6) is 0 Å². The van der Waals surface area contributed by atoms with Crippen LogP contribution in [0, 0.1) is 0 Å². The number of para-hydroxylation sites is 1. The summed E-state index contributed by atoms with van der Waals surface area (Å²) in [4.78, 5) is 22.2. The first-order chi connectivity index (χ1) is 8.22. The predicted octanol–water partition coefficient (Wildman–Crippen LogP) is 0.876. The minimum atomic E-state index is -0.498. The molecular formula is C11H15N3O3. The molecule has 1 aromatic carbocycles.